The number of rotatable bonds is 6. The van der Waals surface area contributed by atoms with Crippen LogP contribution in [0.3, 0.4) is 0 Å². The van der Waals surface area contributed by atoms with Crippen LogP contribution in [0.1, 0.15) is 6.42 Å². The van der Waals surface area contributed by atoms with E-state index in [1.807, 2.05) is 0 Å². The molecule has 2 N–H and O–H groups in total. The van der Waals surface area contributed by atoms with Gasteiger partial charge in [0, 0.05) is 36.4 Å². The second kappa shape index (κ2) is 8.75. The van der Waals surface area contributed by atoms with Gasteiger partial charge >= 0.3 is 0 Å². The summed E-state index contributed by atoms with van der Waals surface area (Å²) in [4.78, 5) is 37.4. The minimum Gasteiger partial charge on any atom is -0.484 e. The van der Waals surface area contributed by atoms with Gasteiger partial charge in [0.2, 0.25) is 11.8 Å². The van der Waals surface area contributed by atoms with E-state index in [9.17, 15) is 14.4 Å². The highest BCUT2D eigenvalue weighted by Crippen LogP contribution is 2.27. The molecule has 2 aromatic rings. The summed E-state index contributed by atoms with van der Waals surface area (Å²) in [6, 6.07) is 13.6. The molecule has 0 aliphatic carbocycles. The van der Waals surface area contributed by atoms with Crippen LogP contribution in [0.2, 0.25) is 5.02 Å². The van der Waals surface area contributed by atoms with Crippen LogP contribution in [0.15, 0.2) is 48.5 Å². The number of nitrogens with zero attached hydrogens (tertiary/aromatic N) is 1. The maximum Gasteiger partial charge on any atom is 0.262 e. The van der Waals surface area contributed by atoms with Gasteiger partial charge in [0.1, 0.15) is 5.75 Å². The predicted molar refractivity (Wildman–Crippen MR) is 107 cm³/mol. The molecule has 1 unspecified atom stereocenters. The Morgan fingerprint density at radius 2 is 1.82 bits per heavy atom. The molecule has 1 aliphatic rings. The highest BCUT2D eigenvalue weighted by Gasteiger charge is 2.34. The zero-order valence-electron chi connectivity index (χ0n) is 15.3. The van der Waals surface area contributed by atoms with E-state index in [0.29, 0.717) is 28.7 Å². The number of benzene rings is 2. The van der Waals surface area contributed by atoms with Crippen LogP contribution in [-0.2, 0) is 14.4 Å². The van der Waals surface area contributed by atoms with Gasteiger partial charge in [0.25, 0.3) is 5.91 Å². The Bertz CT molecular complexity index is 868. The Morgan fingerprint density at radius 3 is 2.46 bits per heavy atom. The summed E-state index contributed by atoms with van der Waals surface area (Å²) >= 11 is 5.81. The Balaban J connectivity index is 1.53. The molecule has 0 aromatic heterocycles. The molecule has 0 radical (unpaired) electrons. The Morgan fingerprint density at radius 1 is 1.14 bits per heavy atom. The summed E-state index contributed by atoms with van der Waals surface area (Å²) < 4.78 is 5.48. The van der Waals surface area contributed by atoms with Crippen LogP contribution in [0, 0.1) is 5.92 Å². The summed E-state index contributed by atoms with van der Waals surface area (Å²) in [5.74, 6) is -0.365. The van der Waals surface area contributed by atoms with Gasteiger partial charge in [-0.25, -0.2) is 0 Å². The Labute approximate surface area is 167 Å². The van der Waals surface area contributed by atoms with Crippen molar-refractivity contribution in [2.24, 2.45) is 5.92 Å². The van der Waals surface area contributed by atoms with Gasteiger partial charge in [-0.05, 0) is 48.5 Å². The topological polar surface area (TPSA) is 87.7 Å². The van der Waals surface area contributed by atoms with Gasteiger partial charge in [-0.15, -0.1) is 0 Å². The van der Waals surface area contributed by atoms with Gasteiger partial charge in [-0.1, -0.05) is 11.6 Å². The van der Waals surface area contributed by atoms with Crippen LogP contribution in [0.25, 0.3) is 0 Å². The molecule has 8 heteroatoms. The number of carbonyl (C=O) groups is 3. The maximum absolute atomic E-state index is 12.2. The molecule has 0 saturated carbocycles. The van der Waals surface area contributed by atoms with E-state index in [2.05, 4.69) is 10.6 Å². The molecular formula is C20H20ClN3O4. The molecule has 1 saturated heterocycles. The van der Waals surface area contributed by atoms with Crippen molar-refractivity contribution in [3.05, 3.63) is 53.6 Å². The SMILES string of the molecule is CNC(=O)C1CC(=O)N(c2ccc(OCC(=O)Nc3ccc(Cl)cc3)cc2)C1. The first-order chi connectivity index (χ1) is 13.5. The van der Waals surface area contributed by atoms with E-state index >= 15 is 0 Å². The number of hydrogen-bond acceptors (Lipinski definition) is 4. The number of amides is 3. The lowest BCUT2D eigenvalue weighted by atomic mass is 10.1. The first kappa shape index (κ1) is 19.7. The van der Waals surface area contributed by atoms with Gasteiger partial charge in [0.05, 0.1) is 5.92 Å². The molecule has 0 bridgehead atoms. The number of carbonyl (C=O) groups excluding carboxylic acids is 3. The second-order valence-electron chi connectivity index (χ2n) is 6.36. The van der Waals surface area contributed by atoms with Crippen molar-refractivity contribution in [1.29, 1.82) is 0 Å². The smallest absolute Gasteiger partial charge is 0.262 e. The van der Waals surface area contributed by atoms with Gasteiger partial charge < -0.3 is 20.3 Å². The number of ether oxygens (including phenoxy) is 1. The molecule has 1 atom stereocenters. The lowest BCUT2D eigenvalue weighted by Crippen LogP contribution is -2.30. The summed E-state index contributed by atoms with van der Waals surface area (Å²) in [6.45, 7) is 0.200. The minimum atomic E-state index is -0.343. The van der Waals surface area contributed by atoms with Gasteiger partial charge in [-0.3, -0.25) is 14.4 Å². The number of hydrogen-bond donors (Lipinski definition) is 2. The lowest BCUT2D eigenvalue weighted by Gasteiger charge is -2.17. The number of halogens is 1. The third kappa shape index (κ3) is 4.80. The third-order valence-electron chi connectivity index (χ3n) is 4.39. The summed E-state index contributed by atoms with van der Waals surface area (Å²) in [5.41, 5.74) is 1.32. The quantitative estimate of drug-likeness (QED) is 0.778. The number of nitrogens with one attached hydrogen (secondary N) is 2. The first-order valence-electron chi connectivity index (χ1n) is 8.76. The van der Waals surface area contributed by atoms with E-state index in [1.165, 1.54) is 0 Å². The molecular weight excluding hydrogens is 382 g/mol. The van der Waals surface area contributed by atoms with Crippen molar-refractivity contribution in [2.75, 3.05) is 30.4 Å². The molecule has 3 amide bonds. The number of anilines is 2. The van der Waals surface area contributed by atoms with Crippen molar-refractivity contribution in [3.63, 3.8) is 0 Å². The van der Waals surface area contributed by atoms with Crippen LogP contribution >= 0.6 is 11.6 Å². The van der Waals surface area contributed by atoms with Crippen molar-refractivity contribution in [2.45, 2.75) is 6.42 Å². The molecule has 2 aromatic carbocycles. The van der Waals surface area contributed by atoms with E-state index in [0.717, 1.165) is 0 Å². The average Bonchev–Trinajstić information content (AvgIpc) is 3.09. The standard InChI is InChI=1S/C20H20ClN3O4/c1-22-20(27)13-10-19(26)24(11-13)16-6-8-17(9-7-16)28-12-18(25)23-15-4-2-14(21)3-5-15/h2-9,13H,10-12H2,1H3,(H,22,27)(H,23,25). The zero-order chi connectivity index (χ0) is 20.1. The highest BCUT2D eigenvalue weighted by atomic mass is 35.5. The van der Waals surface area contributed by atoms with Crippen molar-refractivity contribution >= 4 is 40.7 Å². The lowest BCUT2D eigenvalue weighted by molar-refractivity contribution is -0.125. The van der Waals surface area contributed by atoms with Crippen LogP contribution in [0.4, 0.5) is 11.4 Å². The molecule has 146 valence electrons. The fourth-order valence-electron chi connectivity index (χ4n) is 2.94. The van der Waals surface area contributed by atoms with Crippen LogP contribution < -0.4 is 20.3 Å². The molecule has 1 heterocycles. The van der Waals surface area contributed by atoms with Crippen LogP contribution in [-0.4, -0.2) is 37.9 Å². The molecule has 1 fully saturated rings. The van der Waals surface area contributed by atoms with E-state index < -0.39 is 0 Å². The minimum absolute atomic E-state index is 0.0930. The fraction of sp³-hybridized carbons (Fsp3) is 0.250. The Kier molecular flexibility index (Phi) is 6.16. The van der Waals surface area contributed by atoms with E-state index in [1.54, 1.807) is 60.5 Å². The van der Waals surface area contributed by atoms with E-state index in [4.69, 9.17) is 16.3 Å². The van der Waals surface area contributed by atoms with Crippen molar-refractivity contribution in [3.8, 4) is 5.75 Å². The first-order valence-corrected chi connectivity index (χ1v) is 9.14. The van der Waals surface area contributed by atoms with Gasteiger partial charge in [-0.2, -0.15) is 0 Å². The average molecular weight is 402 g/mol. The highest BCUT2D eigenvalue weighted by molar-refractivity contribution is 6.30. The largest absolute Gasteiger partial charge is 0.484 e. The zero-order valence-corrected chi connectivity index (χ0v) is 16.0. The molecule has 28 heavy (non-hydrogen) atoms. The Hall–Kier alpha value is -3.06. The molecule has 3 rings (SSSR count). The third-order valence-corrected chi connectivity index (χ3v) is 4.64. The van der Waals surface area contributed by atoms with Crippen molar-refractivity contribution < 1.29 is 19.1 Å². The van der Waals surface area contributed by atoms with Gasteiger partial charge in [0.15, 0.2) is 6.61 Å². The fourth-order valence-corrected chi connectivity index (χ4v) is 3.06. The maximum atomic E-state index is 12.2. The molecule has 0 spiro atoms. The summed E-state index contributed by atoms with van der Waals surface area (Å²) in [7, 11) is 1.56. The molecule has 7 nitrogen and oxygen atoms in total. The van der Waals surface area contributed by atoms with Crippen LogP contribution in [0.5, 0.6) is 5.75 Å². The summed E-state index contributed by atoms with van der Waals surface area (Å²) in [5, 5.41) is 5.87. The summed E-state index contributed by atoms with van der Waals surface area (Å²) in [6.07, 6.45) is 0.197. The molecule has 1 aliphatic heterocycles. The predicted octanol–water partition coefficient (Wildman–Crippen LogP) is 2.46. The monoisotopic (exact) mass is 401 g/mol. The normalized spacial score (nSPS) is 16.0. The van der Waals surface area contributed by atoms with E-state index in [-0.39, 0.29) is 36.7 Å². The second-order valence-corrected chi connectivity index (χ2v) is 6.79. The van der Waals surface area contributed by atoms with Crippen molar-refractivity contribution in [1.82, 2.24) is 5.32 Å².